The van der Waals surface area contributed by atoms with E-state index in [4.69, 9.17) is 0 Å². The summed E-state index contributed by atoms with van der Waals surface area (Å²) in [5.74, 6) is 0. The summed E-state index contributed by atoms with van der Waals surface area (Å²) in [6, 6.07) is 2.26. The second kappa shape index (κ2) is 6.17. The molecule has 1 atom stereocenters. The third-order valence-electron chi connectivity index (χ3n) is 3.72. The molecule has 0 aromatic carbocycles. The van der Waals surface area contributed by atoms with Crippen LogP contribution >= 0.6 is 0 Å². The molecule has 2 aromatic heterocycles. The Morgan fingerprint density at radius 2 is 2.17 bits per heavy atom. The van der Waals surface area contributed by atoms with Gasteiger partial charge in [0.25, 0.3) is 0 Å². The van der Waals surface area contributed by atoms with Crippen molar-refractivity contribution in [3.8, 4) is 0 Å². The second-order valence-corrected chi connectivity index (χ2v) is 7.32. The first kappa shape index (κ1) is 16.9. The maximum Gasteiger partial charge on any atom is 0.408 e. The molecule has 2 heterocycles. The van der Waals surface area contributed by atoms with Crippen LogP contribution in [0, 0.1) is 0 Å². The van der Waals surface area contributed by atoms with Crippen LogP contribution in [0.25, 0.3) is 0 Å². The van der Waals surface area contributed by atoms with E-state index in [2.05, 4.69) is 14.8 Å². The number of nitrogens with zero attached hydrogens (tertiary/aromatic N) is 3. The summed E-state index contributed by atoms with van der Waals surface area (Å²) in [7, 11) is -3.81. The summed E-state index contributed by atoms with van der Waals surface area (Å²) in [5.41, 5.74) is 1.00. The summed E-state index contributed by atoms with van der Waals surface area (Å²) in [6.07, 6.45) is 1.37. The van der Waals surface area contributed by atoms with Crippen LogP contribution in [0.4, 0.5) is 13.2 Å². The first-order valence-electron chi connectivity index (χ1n) is 7.30. The fourth-order valence-corrected chi connectivity index (χ4v) is 3.94. The summed E-state index contributed by atoms with van der Waals surface area (Å²) in [6.45, 7) is -1.19. The van der Waals surface area contributed by atoms with Crippen LogP contribution in [0.5, 0.6) is 0 Å². The topological polar surface area (TPSA) is 76.9 Å². The maximum absolute atomic E-state index is 12.5. The molecule has 0 saturated carbocycles. The molecule has 1 unspecified atom stereocenters. The number of hydrogen-bond donors (Lipinski definition) is 1. The summed E-state index contributed by atoms with van der Waals surface area (Å²) in [5, 5.41) is 3.95. The van der Waals surface area contributed by atoms with Crippen molar-refractivity contribution in [2.45, 2.75) is 42.9 Å². The maximum atomic E-state index is 12.5. The summed E-state index contributed by atoms with van der Waals surface area (Å²) in [4.78, 5) is 3.78. The van der Waals surface area contributed by atoms with Crippen molar-refractivity contribution in [2.24, 2.45) is 0 Å². The van der Waals surface area contributed by atoms with Gasteiger partial charge in [0.2, 0.25) is 10.0 Å². The smallest absolute Gasteiger partial charge is 0.263 e. The zero-order chi connectivity index (χ0) is 17.4. The summed E-state index contributed by atoms with van der Waals surface area (Å²) >= 11 is 0. The zero-order valence-electron chi connectivity index (χ0n) is 12.5. The van der Waals surface area contributed by atoms with Crippen molar-refractivity contribution in [3.63, 3.8) is 0 Å². The van der Waals surface area contributed by atoms with Gasteiger partial charge in [-0.05, 0) is 37.0 Å². The van der Waals surface area contributed by atoms with Gasteiger partial charge in [0, 0.05) is 18.6 Å². The van der Waals surface area contributed by atoms with Crippen molar-refractivity contribution in [2.75, 3.05) is 0 Å². The SMILES string of the molecule is O=S(=O)(NC1CCCc2cn(CC(F)(F)F)nc21)c1cccnc1. The minimum atomic E-state index is -4.38. The predicted octanol–water partition coefficient (Wildman–Crippen LogP) is 2.20. The molecule has 0 bridgehead atoms. The standard InChI is InChI=1S/C14H15F3N4O2S/c15-14(16,17)9-21-8-10-3-1-5-12(13(10)19-21)20-24(22,23)11-4-2-6-18-7-11/h2,4,6-8,12,20H,1,3,5,9H2. The molecule has 2 aromatic rings. The van der Waals surface area contributed by atoms with E-state index in [0.29, 0.717) is 30.5 Å². The first-order valence-corrected chi connectivity index (χ1v) is 8.78. The molecule has 0 aliphatic heterocycles. The Kier molecular flexibility index (Phi) is 4.35. The monoisotopic (exact) mass is 360 g/mol. The van der Waals surface area contributed by atoms with Crippen LogP contribution in [0.1, 0.15) is 30.1 Å². The molecule has 10 heteroatoms. The van der Waals surface area contributed by atoms with Crippen molar-refractivity contribution in [1.29, 1.82) is 0 Å². The molecule has 1 N–H and O–H groups in total. The van der Waals surface area contributed by atoms with Crippen molar-refractivity contribution < 1.29 is 21.6 Å². The Morgan fingerprint density at radius 1 is 1.38 bits per heavy atom. The highest BCUT2D eigenvalue weighted by Crippen LogP contribution is 2.30. The lowest BCUT2D eigenvalue weighted by molar-refractivity contribution is -0.142. The van der Waals surface area contributed by atoms with E-state index < -0.39 is 28.8 Å². The van der Waals surface area contributed by atoms with Crippen LogP contribution in [0.15, 0.2) is 35.6 Å². The fourth-order valence-electron chi connectivity index (χ4n) is 2.74. The molecule has 0 spiro atoms. The minimum Gasteiger partial charge on any atom is -0.263 e. The highest BCUT2D eigenvalue weighted by atomic mass is 32.2. The highest BCUT2D eigenvalue weighted by molar-refractivity contribution is 7.89. The zero-order valence-corrected chi connectivity index (χ0v) is 13.3. The molecule has 3 rings (SSSR count). The molecule has 0 saturated heterocycles. The minimum absolute atomic E-state index is 0.00634. The molecule has 130 valence electrons. The molecule has 0 amide bonds. The fraction of sp³-hybridized carbons (Fsp3) is 0.429. The van der Waals surface area contributed by atoms with E-state index >= 15 is 0 Å². The second-order valence-electron chi connectivity index (χ2n) is 5.61. The van der Waals surface area contributed by atoms with E-state index in [9.17, 15) is 21.6 Å². The number of aromatic nitrogens is 3. The van der Waals surface area contributed by atoms with E-state index in [1.165, 1.54) is 30.7 Å². The largest absolute Gasteiger partial charge is 0.408 e. The molecule has 0 radical (unpaired) electrons. The van der Waals surface area contributed by atoms with Gasteiger partial charge >= 0.3 is 6.18 Å². The first-order chi connectivity index (χ1) is 11.2. The Hall–Kier alpha value is -1.94. The van der Waals surface area contributed by atoms with Gasteiger partial charge in [0.1, 0.15) is 11.4 Å². The molecular formula is C14H15F3N4O2S. The van der Waals surface area contributed by atoms with Gasteiger partial charge < -0.3 is 0 Å². The average molecular weight is 360 g/mol. The number of aryl methyl sites for hydroxylation is 1. The molecular weight excluding hydrogens is 345 g/mol. The van der Waals surface area contributed by atoms with Gasteiger partial charge in [-0.1, -0.05) is 0 Å². The molecule has 24 heavy (non-hydrogen) atoms. The number of alkyl halides is 3. The van der Waals surface area contributed by atoms with Gasteiger partial charge in [-0.3, -0.25) is 9.67 Å². The van der Waals surface area contributed by atoms with Crippen molar-refractivity contribution >= 4 is 10.0 Å². The lowest BCUT2D eigenvalue weighted by atomic mass is 9.94. The van der Waals surface area contributed by atoms with Crippen LogP contribution in [-0.4, -0.2) is 29.4 Å². The highest BCUT2D eigenvalue weighted by Gasteiger charge is 2.32. The third-order valence-corrected chi connectivity index (χ3v) is 5.18. The number of halogens is 3. The molecule has 1 aliphatic carbocycles. The predicted molar refractivity (Wildman–Crippen MR) is 78.5 cm³/mol. The quantitative estimate of drug-likeness (QED) is 0.907. The Morgan fingerprint density at radius 3 is 2.83 bits per heavy atom. The van der Waals surface area contributed by atoms with Gasteiger partial charge in [-0.2, -0.15) is 18.3 Å². The Bertz CT molecular complexity index is 818. The number of fused-ring (bicyclic) bond motifs is 1. The van der Waals surface area contributed by atoms with Gasteiger partial charge in [0.05, 0.1) is 11.7 Å². The average Bonchev–Trinajstić information content (AvgIpc) is 2.89. The van der Waals surface area contributed by atoms with Crippen LogP contribution in [0.2, 0.25) is 0 Å². The van der Waals surface area contributed by atoms with Crippen LogP contribution in [-0.2, 0) is 23.0 Å². The molecule has 6 nitrogen and oxygen atoms in total. The lowest BCUT2D eigenvalue weighted by Gasteiger charge is -2.22. The Balaban J connectivity index is 1.85. The van der Waals surface area contributed by atoms with Gasteiger partial charge in [0.15, 0.2) is 0 Å². The van der Waals surface area contributed by atoms with Gasteiger partial charge in [-0.25, -0.2) is 13.1 Å². The third kappa shape index (κ3) is 3.75. The van der Waals surface area contributed by atoms with Crippen LogP contribution < -0.4 is 4.72 Å². The van der Waals surface area contributed by atoms with E-state index in [0.717, 1.165) is 4.68 Å². The van der Waals surface area contributed by atoms with E-state index in [1.807, 2.05) is 0 Å². The number of rotatable bonds is 4. The Labute approximate surface area is 136 Å². The van der Waals surface area contributed by atoms with Gasteiger partial charge in [-0.15, -0.1) is 0 Å². The molecule has 0 fully saturated rings. The number of nitrogens with one attached hydrogen (secondary N) is 1. The normalized spacial score (nSPS) is 18.4. The number of sulfonamides is 1. The van der Waals surface area contributed by atoms with E-state index in [-0.39, 0.29) is 4.90 Å². The van der Waals surface area contributed by atoms with Crippen molar-refractivity contribution in [3.05, 3.63) is 42.0 Å². The number of hydrogen-bond acceptors (Lipinski definition) is 4. The van der Waals surface area contributed by atoms with E-state index in [1.54, 1.807) is 0 Å². The summed E-state index contributed by atoms with van der Waals surface area (Å²) < 4.78 is 65.6. The van der Waals surface area contributed by atoms with Crippen LogP contribution in [0.3, 0.4) is 0 Å². The lowest BCUT2D eigenvalue weighted by Crippen LogP contribution is -2.31. The van der Waals surface area contributed by atoms with Crippen molar-refractivity contribution in [1.82, 2.24) is 19.5 Å². The molecule has 1 aliphatic rings. The number of pyridine rings is 1.